The van der Waals surface area contributed by atoms with Crippen LogP contribution < -0.4 is 9.47 Å². The molecule has 2 aromatic carbocycles. The first-order valence-corrected chi connectivity index (χ1v) is 10.0. The lowest BCUT2D eigenvalue weighted by Crippen LogP contribution is -2.30. The van der Waals surface area contributed by atoms with Crippen LogP contribution in [0.2, 0.25) is 0 Å². The van der Waals surface area contributed by atoms with Gasteiger partial charge in [0, 0.05) is 25.7 Å². The number of carbonyl (C=O) groups excluding carboxylic acids is 2. The number of esters is 1. The maximum Gasteiger partial charge on any atom is 0.331 e. The second kappa shape index (κ2) is 11.7. The predicted molar refractivity (Wildman–Crippen MR) is 116 cm³/mol. The third-order valence-corrected chi connectivity index (χ3v) is 4.14. The molecule has 0 saturated carbocycles. The summed E-state index contributed by atoms with van der Waals surface area (Å²) < 4.78 is 16.8. The van der Waals surface area contributed by atoms with Gasteiger partial charge in [-0.15, -0.1) is 0 Å². The van der Waals surface area contributed by atoms with Crippen molar-refractivity contribution in [3.8, 4) is 11.5 Å². The molecule has 1 atom stereocenters. The number of hydrogen-bond donors (Lipinski definition) is 0. The van der Waals surface area contributed by atoms with Crippen molar-refractivity contribution in [1.29, 1.82) is 0 Å². The van der Waals surface area contributed by atoms with E-state index >= 15 is 0 Å². The van der Waals surface area contributed by atoms with E-state index in [-0.39, 0.29) is 5.91 Å². The Kier molecular flexibility index (Phi) is 8.94. The molecule has 0 bridgehead atoms. The second-order valence-electron chi connectivity index (χ2n) is 6.78. The van der Waals surface area contributed by atoms with Gasteiger partial charge in [0.15, 0.2) is 11.5 Å². The molecule has 0 fully saturated rings. The van der Waals surface area contributed by atoms with Gasteiger partial charge in [-0.3, -0.25) is 4.79 Å². The molecule has 30 heavy (non-hydrogen) atoms. The van der Waals surface area contributed by atoms with Gasteiger partial charge in [-0.05, 0) is 37.1 Å². The van der Waals surface area contributed by atoms with Gasteiger partial charge in [-0.1, -0.05) is 43.3 Å². The zero-order valence-corrected chi connectivity index (χ0v) is 18.0. The summed E-state index contributed by atoms with van der Waals surface area (Å²) >= 11 is 0. The van der Waals surface area contributed by atoms with Gasteiger partial charge in [0.2, 0.25) is 6.10 Å². The zero-order valence-electron chi connectivity index (χ0n) is 18.0. The van der Waals surface area contributed by atoms with E-state index in [1.807, 2.05) is 32.0 Å². The van der Waals surface area contributed by atoms with Crippen LogP contribution >= 0.6 is 0 Å². The molecule has 0 radical (unpaired) electrons. The van der Waals surface area contributed by atoms with E-state index in [9.17, 15) is 9.59 Å². The van der Waals surface area contributed by atoms with Gasteiger partial charge in [-0.25, -0.2) is 4.79 Å². The SMILES string of the molecule is CCCOc1ccc(/C=C/C(=O)OC(C(=O)N(C)C)c2ccccc2)cc1OCC. The number of amides is 1. The largest absolute Gasteiger partial charge is 0.490 e. The Morgan fingerprint density at radius 1 is 1.00 bits per heavy atom. The Morgan fingerprint density at radius 3 is 2.37 bits per heavy atom. The molecule has 6 heteroatoms. The fourth-order valence-electron chi connectivity index (χ4n) is 2.67. The molecule has 0 aliphatic carbocycles. The first-order valence-electron chi connectivity index (χ1n) is 10.0. The number of benzene rings is 2. The van der Waals surface area contributed by atoms with Gasteiger partial charge in [-0.2, -0.15) is 0 Å². The highest BCUT2D eigenvalue weighted by Gasteiger charge is 2.25. The molecule has 0 N–H and O–H groups in total. The Bertz CT molecular complexity index is 861. The van der Waals surface area contributed by atoms with E-state index in [1.165, 1.54) is 11.0 Å². The number of likely N-dealkylation sites (N-methyl/N-ethyl adjacent to an activating group) is 1. The summed E-state index contributed by atoms with van der Waals surface area (Å²) in [6.07, 6.45) is 2.82. The summed E-state index contributed by atoms with van der Waals surface area (Å²) in [4.78, 5) is 26.3. The van der Waals surface area contributed by atoms with Gasteiger partial charge < -0.3 is 19.1 Å². The smallest absolute Gasteiger partial charge is 0.331 e. The number of rotatable bonds is 10. The normalized spacial score (nSPS) is 11.7. The molecule has 0 saturated heterocycles. The Labute approximate surface area is 178 Å². The van der Waals surface area contributed by atoms with Crippen molar-refractivity contribution in [2.45, 2.75) is 26.4 Å². The Balaban J connectivity index is 2.15. The lowest BCUT2D eigenvalue weighted by molar-refractivity contribution is -0.155. The van der Waals surface area contributed by atoms with Crippen molar-refractivity contribution >= 4 is 18.0 Å². The minimum Gasteiger partial charge on any atom is -0.490 e. The van der Waals surface area contributed by atoms with E-state index in [0.29, 0.717) is 30.3 Å². The Morgan fingerprint density at radius 2 is 1.73 bits per heavy atom. The van der Waals surface area contributed by atoms with Gasteiger partial charge in [0.25, 0.3) is 5.91 Å². The van der Waals surface area contributed by atoms with Crippen LogP contribution in [0.5, 0.6) is 11.5 Å². The van der Waals surface area contributed by atoms with Crippen LogP contribution in [0.1, 0.15) is 37.5 Å². The van der Waals surface area contributed by atoms with Crippen LogP contribution in [0.4, 0.5) is 0 Å². The fourth-order valence-corrected chi connectivity index (χ4v) is 2.67. The molecule has 0 aliphatic rings. The lowest BCUT2D eigenvalue weighted by atomic mass is 10.1. The van der Waals surface area contributed by atoms with Crippen LogP contribution in [-0.4, -0.2) is 44.1 Å². The van der Waals surface area contributed by atoms with E-state index in [1.54, 1.807) is 50.5 Å². The number of nitrogens with zero attached hydrogens (tertiary/aromatic N) is 1. The summed E-state index contributed by atoms with van der Waals surface area (Å²) in [6.45, 7) is 5.03. The predicted octanol–water partition coefficient (Wildman–Crippen LogP) is 4.26. The molecule has 0 spiro atoms. The van der Waals surface area contributed by atoms with Crippen molar-refractivity contribution in [3.05, 3.63) is 65.7 Å². The van der Waals surface area contributed by atoms with Crippen molar-refractivity contribution in [2.75, 3.05) is 27.3 Å². The molecule has 1 unspecified atom stereocenters. The highest BCUT2D eigenvalue weighted by Crippen LogP contribution is 2.29. The maximum atomic E-state index is 12.5. The summed E-state index contributed by atoms with van der Waals surface area (Å²) in [7, 11) is 3.25. The molecule has 2 aromatic rings. The lowest BCUT2D eigenvalue weighted by Gasteiger charge is -2.20. The molecule has 1 amide bonds. The van der Waals surface area contributed by atoms with E-state index in [4.69, 9.17) is 14.2 Å². The first kappa shape index (κ1) is 23.0. The summed E-state index contributed by atoms with van der Waals surface area (Å²) in [5, 5.41) is 0. The number of hydrogen-bond acceptors (Lipinski definition) is 5. The quantitative estimate of drug-likeness (QED) is 0.432. The van der Waals surface area contributed by atoms with Crippen molar-refractivity contribution in [3.63, 3.8) is 0 Å². The highest BCUT2D eigenvalue weighted by molar-refractivity contribution is 5.91. The minimum atomic E-state index is -0.998. The topological polar surface area (TPSA) is 65.1 Å². The van der Waals surface area contributed by atoms with E-state index in [0.717, 1.165) is 12.0 Å². The van der Waals surface area contributed by atoms with Crippen LogP contribution in [-0.2, 0) is 14.3 Å². The molecule has 2 rings (SSSR count). The average molecular weight is 411 g/mol. The zero-order chi connectivity index (χ0) is 21.9. The third-order valence-electron chi connectivity index (χ3n) is 4.14. The van der Waals surface area contributed by atoms with Crippen LogP contribution in [0, 0.1) is 0 Å². The Hall–Kier alpha value is -3.28. The molecule has 0 aromatic heterocycles. The minimum absolute atomic E-state index is 0.306. The second-order valence-corrected chi connectivity index (χ2v) is 6.78. The summed E-state index contributed by atoms with van der Waals surface area (Å²) in [5.74, 6) is 0.368. The summed E-state index contributed by atoms with van der Waals surface area (Å²) in [6, 6.07) is 14.4. The van der Waals surface area contributed by atoms with Gasteiger partial charge >= 0.3 is 5.97 Å². The molecule has 0 aliphatic heterocycles. The molecule has 0 heterocycles. The number of ether oxygens (including phenoxy) is 3. The monoisotopic (exact) mass is 411 g/mol. The van der Waals surface area contributed by atoms with E-state index < -0.39 is 12.1 Å². The standard InChI is InChI=1S/C24H29NO5/c1-5-16-29-20-14-12-18(17-21(20)28-6-2)13-15-22(26)30-23(24(27)25(3)4)19-10-8-7-9-11-19/h7-15,17,23H,5-6,16H2,1-4H3/b15-13+. The highest BCUT2D eigenvalue weighted by atomic mass is 16.5. The molecule has 160 valence electrons. The fraction of sp³-hybridized carbons (Fsp3) is 0.333. The third kappa shape index (κ3) is 6.65. The molecular weight excluding hydrogens is 382 g/mol. The number of carbonyl (C=O) groups is 2. The first-order chi connectivity index (χ1) is 14.5. The molecule has 6 nitrogen and oxygen atoms in total. The van der Waals surface area contributed by atoms with Crippen molar-refractivity contribution in [2.24, 2.45) is 0 Å². The van der Waals surface area contributed by atoms with Crippen LogP contribution in [0.15, 0.2) is 54.6 Å². The summed E-state index contributed by atoms with van der Waals surface area (Å²) in [5.41, 5.74) is 1.38. The maximum absolute atomic E-state index is 12.5. The molecular formula is C24H29NO5. The van der Waals surface area contributed by atoms with Crippen LogP contribution in [0.3, 0.4) is 0 Å². The van der Waals surface area contributed by atoms with Crippen molar-refractivity contribution in [1.82, 2.24) is 4.90 Å². The van der Waals surface area contributed by atoms with Crippen molar-refractivity contribution < 1.29 is 23.8 Å². The van der Waals surface area contributed by atoms with Gasteiger partial charge in [0.05, 0.1) is 13.2 Å². The van der Waals surface area contributed by atoms with Crippen LogP contribution in [0.25, 0.3) is 6.08 Å². The average Bonchev–Trinajstić information content (AvgIpc) is 2.75. The van der Waals surface area contributed by atoms with E-state index in [2.05, 4.69) is 0 Å². The van der Waals surface area contributed by atoms with Gasteiger partial charge in [0.1, 0.15) is 0 Å².